The summed E-state index contributed by atoms with van der Waals surface area (Å²) in [6, 6.07) is 23.2. The van der Waals surface area contributed by atoms with Crippen LogP contribution in [0.4, 0.5) is 24.5 Å². The van der Waals surface area contributed by atoms with Crippen LogP contribution in [-0.4, -0.2) is 13.7 Å². The van der Waals surface area contributed by atoms with E-state index in [1.807, 2.05) is 36.4 Å². The first-order chi connectivity index (χ1) is 22.4. The zero-order valence-electron chi connectivity index (χ0n) is 23.1. The van der Waals surface area contributed by atoms with Gasteiger partial charge in [-0.05, 0) is 23.3 Å². The fraction of sp³-hybridized carbons (Fsp3) is 0. The van der Waals surface area contributed by atoms with Crippen molar-refractivity contribution in [2.24, 2.45) is 0 Å². The number of nitriles is 2. The molecule has 46 heavy (non-hydrogen) atoms. The Morgan fingerprint density at radius 2 is 1.33 bits per heavy atom. The number of aromatic nitrogens is 3. The Balaban J connectivity index is 1.60. The third-order valence-corrected chi connectivity index (χ3v) is 8.17. The number of pyridine rings is 1. The second-order valence-electron chi connectivity index (χ2n) is 10.1. The molecule has 0 aliphatic rings. The molecule has 0 radical (unpaired) electrons. The Bertz CT molecular complexity index is 2550. The van der Waals surface area contributed by atoms with Crippen LogP contribution in [0.1, 0.15) is 11.1 Å². The Morgan fingerprint density at radius 3 is 1.96 bits per heavy atom. The minimum absolute atomic E-state index is 0.0479. The molecule has 2 aromatic heterocycles. The molecule has 214 valence electrons. The molecule has 0 atom stereocenters. The molecule has 7 aromatic rings. The molecule has 0 saturated carbocycles. The summed E-state index contributed by atoms with van der Waals surface area (Å²) < 4.78 is 54.5. The fourth-order valence-electron chi connectivity index (χ4n) is 5.60. The van der Waals surface area contributed by atoms with Crippen molar-refractivity contribution in [3.63, 3.8) is 0 Å². The third kappa shape index (κ3) is 4.20. The number of benzene rings is 5. The lowest BCUT2D eigenvalue weighted by Crippen LogP contribution is -2.04. The summed E-state index contributed by atoms with van der Waals surface area (Å²) >= 11 is 0.983. The van der Waals surface area contributed by atoms with Crippen molar-refractivity contribution in [1.29, 1.82) is 10.5 Å². The Morgan fingerprint density at radius 1 is 0.674 bits per heavy atom. The summed E-state index contributed by atoms with van der Waals surface area (Å²) in [6.07, 6.45) is 0. The average molecular weight is 620 g/mol. The zero-order valence-corrected chi connectivity index (χ0v) is 23.9. The highest BCUT2D eigenvalue weighted by molar-refractivity contribution is 7.00. The van der Waals surface area contributed by atoms with Crippen molar-refractivity contribution in [3.05, 3.63) is 124 Å². The molecular weight excluding hydrogens is 607 g/mol. The van der Waals surface area contributed by atoms with Crippen molar-refractivity contribution >= 4 is 55.8 Å². The molecule has 0 amide bonds. The molecule has 2 heterocycles. The molecule has 7 nitrogen and oxygen atoms in total. The van der Waals surface area contributed by atoms with Gasteiger partial charge in [0.05, 0.1) is 41.6 Å². The third-order valence-electron chi connectivity index (χ3n) is 7.64. The van der Waals surface area contributed by atoms with Crippen LogP contribution in [-0.2, 0) is 0 Å². The maximum atomic E-state index is 15.4. The molecular formula is C35H12F3N7S. The second kappa shape index (κ2) is 10.8. The molecule has 7 rings (SSSR count). The maximum Gasteiger partial charge on any atom is 0.177 e. The standard InChI is InChI=1S/C35H12F3N7S/c1-41-20-10-19(11-21(13-20)42-2)23-14-24-29(35-34(23)44-46-45-35)22-9-8-18(12-27(22)43-33(24)17-6-4-3-5-7-17)28-31(37)25(15-39)30(36)26(16-40)32(28)38/h3-14H. The SMILES string of the molecule is [C-]#[N+]c1cc([N+]#[C-])cc(-c2cc3c(-c4ccccc4)nc4cc(-c5c(F)c(C#N)c(F)c(C#N)c5F)ccc4c3c3nsnc23)c1. The van der Waals surface area contributed by atoms with Gasteiger partial charge in [-0.15, -0.1) is 0 Å². The normalized spacial score (nSPS) is 10.8. The molecule has 0 unspecified atom stereocenters. The molecule has 0 aliphatic carbocycles. The molecule has 11 heteroatoms. The highest BCUT2D eigenvalue weighted by Gasteiger charge is 2.27. The number of halogens is 3. The highest BCUT2D eigenvalue weighted by atomic mass is 32.1. The number of hydrogen-bond acceptors (Lipinski definition) is 6. The van der Waals surface area contributed by atoms with Crippen molar-refractivity contribution < 1.29 is 13.2 Å². The Labute approximate surface area is 262 Å². The molecule has 5 aromatic carbocycles. The second-order valence-corrected chi connectivity index (χ2v) is 10.6. The van der Waals surface area contributed by atoms with Crippen LogP contribution in [0.25, 0.3) is 75.9 Å². The lowest BCUT2D eigenvalue weighted by Gasteiger charge is -2.15. The molecule has 0 N–H and O–H groups in total. The summed E-state index contributed by atoms with van der Waals surface area (Å²) in [7, 11) is 0. The van der Waals surface area contributed by atoms with Crippen molar-refractivity contribution in [2.75, 3.05) is 0 Å². The van der Waals surface area contributed by atoms with Crippen molar-refractivity contribution in [3.8, 4) is 45.6 Å². The van der Waals surface area contributed by atoms with Gasteiger partial charge in [-0.2, -0.15) is 19.3 Å². The van der Waals surface area contributed by atoms with Crippen molar-refractivity contribution in [2.45, 2.75) is 0 Å². The van der Waals surface area contributed by atoms with Gasteiger partial charge in [0.15, 0.2) is 28.8 Å². The Kier molecular flexibility index (Phi) is 6.61. The predicted octanol–water partition coefficient (Wildman–Crippen LogP) is 9.66. The van der Waals surface area contributed by atoms with E-state index in [-0.39, 0.29) is 5.56 Å². The van der Waals surface area contributed by atoms with Gasteiger partial charge >= 0.3 is 0 Å². The van der Waals surface area contributed by atoms with Crippen LogP contribution < -0.4 is 0 Å². The summed E-state index contributed by atoms with van der Waals surface area (Å²) in [5.74, 6) is -4.40. The summed E-state index contributed by atoms with van der Waals surface area (Å²) in [5, 5.41) is 20.6. The lowest BCUT2D eigenvalue weighted by atomic mass is 9.92. The number of nitrogens with zero attached hydrogens (tertiary/aromatic N) is 7. The molecule has 0 aliphatic heterocycles. The number of hydrogen-bond donors (Lipinski definition) is 0. The van der Waals surface area contributed by atoms with Gasteiger partial charge in [-0.3, -0.25) is 0 Å². The minimum Gasteiger partial charge on any atom is -0.247 e. The largest absolute Gasteiger partial charge is 0.247 e. The van der Waals surface area contributed by atoms with Crippen LogP contribution in [0, 0.1) is 53.3 Å². The fourth-order valence-corrected chi connectivity index (χ4v) is 6.17. The van der Waals surface area contributed by atoms with E-state index in [1.54, 1.807) is 18.2 Å². The number of fused-ring (bicyclic) bond motifs is 5. The van der Waals surface area contributed by atoms with Crippen LogP contribution in [0.2, 0.25) is 0 Å². The molecule has 0 spiro atoms. The van der Waals surface area contributed by atoms with E-state index >= 15 is 8.78 Å². The van der Waals surface area contributed by atoms with Gasteiger partial charge in [0, 0.05) is 27.3 Å². The maximum absolute atomic E-state index is 15.4. The molecule has 0 bridgehead atoms. The van der Waals surface area contributed by atoms with E-state index in [2.05, 4.69) is 18.4 Å². The first-order valence-electron chi connectivity index (χ1n) is 13.4. The monoisotopic (exact) mass is 619 g/mol. The predicted molar refractivity (Wildman–Crippen MR) is 168 cm³/mol. The van der Waals surface area contributed by atoms with Gasteiger partial charge in [0.1, 0.15) is 34.3 Å². The van der Waals surface area contributed by atoms with Crippen LogP contribution >= 0.6 is 11.7 Å². The van der Waals surface area contributed by atoms with Crippen LogP contribution in [0.5, 0.6) is 0 Å². The highest BCUT2D eigenvalue weighted by Crippen LogP contribution is 2.43. The first-order valence-corrected chi connectivity index (χ1v) is 14.1. The Hall–Kier alpha value is -6.66. The van der Waals surface area contributed by atoms with Crippen LogP contribution in [0.15, 0.2) is 72.8 Å². The van der Waals surface area contributed by atoms with Gasteiger partial charge in [-0.25, -0.2) is 27.8 Å². The van der Waals surface area contributed by atoms with Crippen LogP contribution in [0.3, 0.4) is 0 Å². The minimum atomic E-state index is -1.56. The average Bonchev–Trinajstić information content (AvgIpc) is 3.58. The van der Waals surface area contributed by atoms with E-state index in [1.165, 1.54) is 30.3 Å². The molecule has 0 fully saturated rings. The van der Waals surface area contributed by atoms with E-state index in [0.29, 0.717) is 60.9 Å². The zero-order chi connectivity index (χ0) is 32.1. The summed E-state index contributed by atoms with van der Waals surface area (Å²) in [4.78, 5) is 12.0. The van der Waals surface area contributed by atoms with Gasteiger partial charge < -0.3 is 0 Å². The smallest absolute Gasteiger partial charge is 0.177 e. The van der Waals surface area contributed by atoms with E-state index < -0.39 is 34.1 Å². The summed E-state index contributed by atoms with van der Waals surface area (Å²) in [5.41, 5.74) is 1.56. The van der Waals surface area contributed by atoms with Gasteiger partial charge in [-0.1, -0.05) is 60.7 Å². The van der Waals surface area contributed by atoms with Gasteiger partial charge in [0.25, 0.3) is 0 Å². The molecule has 0 saturated heterocycles. The van der Waals surface area contributed by atoms with Gasteiger partial charge in [0.2, 0.25) is 0 Å². The lowest BCUT2D eigenvalue weighted by molar-refractivity contribution is 0.539. The quantitative estimate of drug-likeness (QED) is 0.145. The van der Waals surface area contributed by atoms with Crippen molar-refractivity contribution in [1.82, 2.24) is 13.7 Å². The van der Waals surface area contributed by atoms with E-state index in [0.717, 1.165) is 17.3 Å². The first kappa shape index (κ1) is 28.1. The summed E-state index contributed by atoms with van der Waals surface area (Å²) in [6.45, 7) is 15.1. The van der Waals surface area contributed by atoms with E-state index in [9.17, 15) is 14.9 Å². The topological polar surface area (TPSA) is 95.0 Å². The van der Waals surface area contributed by atoms with E-state index in [4.69, 9.17) is 18.1 Å². The number of rotatable bonds is 3.